The summed E-state index contributed by atoms with van der Waals surface area (Å²) >= 11 is 0. The Morgan fingerprint density at radius 2 is 1.90 bits per heavy atom. The van der Waals surface area contributed by atoms with Crippen LogP contribution in [0.3, 0.4) is 0 Å². The van der Waals surface area contributed by atoms with Crippen LogP contribution in [0.4, 0.5) is 0 Å². The summed E-state index contributed by atoms with van der Waals surface area (Å²) in [6.07, 6.45) is 2.47. The summed E-state index contributed by atoms with van der Waals surface area (Å²) in [6.45, 7) is 3.90. The summed E-state index contributed by atoms with van der Waals surface area (Å²) < 4.78 is 30.5. The van der Waals surface area contributed by atoms with E-state index in [0.717, 1.165) is 12.1 Å². The highest BCUT2D eigenvalue weighted by atomic mass is 35.7. The molecule has 0 aliphatic rings. The highest BCUT2D eigenvalue weighted by molar-refractivity contribution is 8.13. The third kappa shape index (κ3) is 3.77. The van der Waals surface area contributed by atoms with E-state index in [2.05, 4.69) is 5.10 Å². The maximum absolute atomic E-state index is 11.5. The predicted molar refractivity (Wildman–Crippen MR) is 81.4 cm³/mol. The van der Waals surface area contributed by atoms with Crippen LogP contribution in [0.5, 0.6) is 5.75 Å². The minimum Gasteiger partial charge on any atom is -0.493 e. The second-order valence-electron chi connectivity index (χ2n) is 4.87. The van der Waals surface area contributed by atoms with Gasteiger partial charge in [0.15, 0.2) is 0 Å². The average Bonchev–Trinajstić information content (AvgIpc) is 2.72. The van der Waals surface area contributed by atoms with Gasteiger partial charge in [0.2, 0.25) is 0 Å². The van der Waals surface area contributed by atoms with Crippen LogP contribution < -0.4 is 4.74 Å². The van der Waals surface area contributed by atoms with Gasteiger partial charge in [0.05, 0.1) is 11.5 Å². The summed E-state index contributed by atoms with van der Waals surface area (Å²) in [5.41, 5.74) is 2.24. The third-order valence-corrected chi connectivity index (χ3v) is 4.82. The van der Waals surface area contributed by atoms with Crippen LogP contribution in [0.15, 0.2) is 29.3 Å². The second kappa shape index (κ2) is 6.07. The smallest absolute Gasteiger partial charge is 0.261 e. The van der Waals surface area contributed by atoms with E-state index in [1.807, 2.05) is 13.1 Å². The third-order valence-electron chi connectivity index (χ3n) is 3.23. The number of rotatable bonds is 5. The number of ether oxygens (including phenoxy) is 1. The first kappa shape index (κ1) is 15.9. The van der Waals surface area contributed by atoms with Crippen molar-refractivity contribution in [1.29, 1.82) is 0 Å². The fourth-order valence-electron chi connectivity index (χ4n) is 2.30. The van der Waals surface area contributed by atoms with Gasteiger partial charge in [0.25, 0.3) is 9.05 Å². The van der Waals surface area contributed by atoms with Crippen molar-refractivity contribution in [1.82, 2.24) is 9.78 Å². The van der Waals surface area contributed by atoms with Crippen LogP contribution >= 0.6 is 10.7 Å². The Bertz CT molecular complexity index is 730. The highest BCUT2D eigenvalue weighted by Gasteiger charge is 2.17. The molecule has 1 aromatic carbocycles. The first-order valence-corrected chi connectivity index (χ1v) is 8.75. The van der Waals surface area contributed by atoms with Gasteiger partial charge in [-0.15, -0.1) is 0 Å². The zero-order valence-electron chi connectivity index (χ0n) is 12.1. The van der Waals surface area contributed by atoms with Gasteiger partial charge in [-0.3, -0.25) is 4.68 Å². The Morgan fingerprint density at radius 1 is 1.29 bits per heavy atom. The molecule has 0 bridgehead atoms. The van der Waals surface area contributed by atoms with E-state index in [1.54, 1.807) is 36.9 Å². The first-order chi connectivity index (χ1) is 9.79. The van der Waals surface area contributed by atoms with Crippen LogP contribution in [0.1, 0.15) is 16.8 Å². The normalized spacial score (nSPS) is 11.6. The highest BCUT2D eigenvalue weighted by Crippen LogP contribution is 2.28. The molecule has 0 saturated heterocycles. The Morgan fingerprint density at radius 3 is 2.38 bits per heavy atom. The molecular weight excluding hydrogens is 312 g/mol. The molecule has 2 aromatic rings. The van der Waals surface area contributed by atoms with Crippen LogP contribution in [-0.2, 0) is 22.5 Å². The number of benzene rings is 1. The molecule has 0 aliphatic heterocycles. The number of aryl methyl sites for hydroxylation is 3. The summed E-state index contributed by atoms with van der Waals surface area (Å²) in [4.78, 5) is 0.156. The Hall–Kier alpha value is -1.53. The first-order valence-electron chi connectivity index (χ1n) is 6.44. The lowest BCUT2D eigenvalue weighted by molar-refractivity contribution is 0.317. The molecule has 0 saturated carbocycles. The number of hydrogen-bond donors (Lipinski definition) is 0. The minimum absolute atomic E-state index is 0.156. The van der Waals surface area contributed by atoms with E-state index in [4.69, 9.17) is 15.4 Å². The Kier molecular flexibility index (Phi) is 4.58. The molecule has 1 aromatic heterocycles. The molecule has 21 heavy (non-hydrogen) atoms. The van der Waals surface area contributed by atoms with Crippen molar-refractivity contribution in [3.63, 3.8) is 0 Å². The van der Waals surface area contributed by atoms with Crippen molar-refractivity contribution in [2.75, 3.05) is 6.61 Å². The van der Waals surface area contributed by atoms with Crippen molar-refractivity contribution in [2.24, 2.45) is 7.05 Å². The van der Waals surface area contributed by atoms with Crippen molar-refractivity contribution >= 4 is 19.7 Å². The molecule has 0 N–H and O–H groups in total. The van der Waals surface area contributed by atoms with Gasteiger partial charge in [0, 0.05) is 36.0 Å². The standard InChI is InChI=1S/C14H17ClN2O3S/c1-10-8-13(9-11(2)14(10)21(15,18)19)20-7-5-12-4-6-16-17(12)3/h4,6,8-9H,5,7H2,1-3H3. The number of aromatic nitrogens is 2. The lowest BCUT2D eigenvalue weighted by Crippen LogP contribution is -2.07. The SMILES string of the molecule is Cc1cc(OCCc2ccnn2C)cc(C)c1S(=O)(=O)Cl. The van der Waals surface area contributed by atoms with Crippen LogP contribution in [0.25, 0.3) is 0 Å². The van der Waals surface area contributed by atoms with Gasteiger partial charge in [-0.2, -0.15) is 5.10 Å². The van der Waals surface area contributed by atoms with Gasteiger partial charge >= 0.3 is 0 Å². The van der Waals surface area contributed by atoms with Crippen LogP contribution in [-0.4, -0.2) is 24.8 Å². The summed E-state index contributed by atoms with van der Waals surface area (Å²) in [5, 5.41) is 4.09. The molecule has 114 valence electrons. The molecule has 0 unspecified atom stereocenters. The summed E-state index contributed by atoms with van der Waals surface area (Å²) in [6, 6.07) is 5.31. The number of halogens is 1. The quantitative estimate of drug-likeness (QED) is 0.791. The molecule has 7 heteroatoms. The molecule has 0 fully saturated rings. The van der Waals surface area contributed by atoms with Gasteiger partial charge in [0.1, 0.15) is 5.75 Å². The largest absolute Gasteiger partial charge is 0.493 e. The molecule has 0 atom stereocenters. The molecule has 2 rings (SSSR count). The van der Waals surface area contributed by atoms with E-state index in [9.17, 15) is 8.42 Å². The second-order valence-corrected chi connectivity index (χ2v) is 7.37. The fraction of sp³-hybridized carbons (Fsp3) is 0.357. The minimum atomic E-state index is -3.74. The molecule has 1 heterocycles. The van der Waals surface area contributed by atoms with Crippen molar-refractivity contribution in [3.8, 4) is 5.75 Å². The van der Waals surface area contributed by atoms with Crippen molar-refractivity contribution in [2.45, 2.75) is 25.2 Å². The predicted octanol–water partition coefficient (Wildman–Crippen LogP) is 2.59. The Labute approximate surface area is 128 Å². The monoisotopic (exact) mass is 328 g/mol. The molecule has 0 spiro atoms. The van der Waals surface area contributed by atoms with E-state index in [0.29, 0.717) is 23.5 Å². The fourth-order valence-corrected chi connectivity index (χ4v) is 3.92. The summed E-state index contributed by atoms with van der Waals surface area (Å²) in [7, 11) is 3.57. The average molecular weight is 329 g/mol. The molecular formula is C14H17ClN2O3S. The number of hydrogen-bond acceptors (Lipinski definition) is 4. The maximum Gasteiger partial charge on any atom is 0.261 e. The topological polar surface area (TPSA) is 61.2 Å². The van der Waals surface area contributed by atoms with Crippen molar-refractivity contribution < 1.29 is 13.2 Å². The van der Waals surface area contributed by atoms with E-state index < -0.39 is 9.05 Å². The van der Waals surface area contributed by atoms with Crippen molar-refractivity contribution in [3.05, 3.63) is 41.2 Å². The van der Waals surface area contributed by atoms with Gasteiger partial charge < -0.3 is 4.74 Å². The van der Waals surface area contributed by atoms with Crippen LogP contribution in [0.2, 0.25) is 0 Å². The number of nitrogens with zero attached hydrogens (tertiary/aromatic N) is 2. The lowest BCUT2D eigenvalue weighted by atomic mass is 10.1. The van der Waals surface area contributed by atoms with E-state index >= 15 is 0 Å². The Balaban J connectivity index is 2.10. The van der Waals surface area contributed by atoms with E-state index in [1.165, 1.54) is 0 Å². The van der Waals surface area contributed by atoms with Gasteiger partial charge in [-0.25, -0.2) is 8.42 Å². The molecule has 0 amide bonds. The molecule has 0 radical (unpaired) electrons. The molecule has 5 nitrogen and oxygen atoms in total. The molecule has 0 aliphatic carbocycles. The lowest BCUT2D eigenvalue weighted by Gasteiger charge is -2.11. The van der Waals surface area contributed by atoms with Gasteiger partial charge in [-0.1, -0.05) is 0 Å². The summed E-state index contributed by atoms with van der Waals surface area (Å²) in [5.74, 6) is 0.635. The van der Waals surface area contributed by atoms with Crippen LogP contribution in [0, 0.1) is 13.8 Å². The zero-order chi connectivity index (χ0) is 15.6. The van der Waals surface area contributed by atoms with Gasteiger partial charge in [-0.05, 0) is 43.2 Å². The maximum atomic E-state index is 11.5. The zero-order valence-corrected chi connectivity index (χ0v) is 13.7. The van der Waals surface area contributed by atoms with E-state index in [-0.39, 0.29) is 4.90 Å².